The van der Waals surface area contributed by atoms with E-state index in [9.17, 15) is 5.26 Å². The number of nitrogens with one attached hydrogen (secondary N) is 1. The van der Waals surface area contributed by atoms with E-state index in [0.29, 0.717) is 16.4 Å². The first-order valence-corrected chi connectivity index (χ1v) is 6.80. The second kappa shape index (κ2) is 5.94. The summed E-state index contributed by atoms with van der Waals surface area (Å²) in [6.07, 6.45) is 0. The normalized spacial score (nSPS) is 11.8. The van der Waals surface area contributed by atoms with Crippen molar-refractivity contribution in [3.05, 3.63) is 57.7 Å². The van der Waals surface area contributed by atoms with Gasteiger partial charge in [0.05, 0.1) is 11.6 Å². The van der Waals surface area contributed by atoms with Crippen LogP contribution in [0.15, 0.2) is 30.3 Å². The van der Waals surface area contributed by atoms with Crippen molar-refractivity contribution in [3.8, 4) is 6.07 Å². The van der Waals surface area contributed by atoms with Gasteiger partial charge in [0.2, 0.25) is 0 Å². The SMILES string of the molecule is Cc1cc(C)c(C#N)c(NC(C)c2ccccc2Cl)n1. The highest BCUT2D eigenvalue weighted by Gasteiger charge is 2.14. The van der Waals surface area contributed by atoms with Gasteiger partial charge >= 0.3 is 0 Å². The van der Waals surface area contributed by atoms with Crippen LogP contribution in [0.1, 0.15) is 35.3 Å². The van der Waals surface area contributed by atoms with Crippen LogP contribution in [0.25, 0.3) is 0 Å². The van der Waals surface area contributed by atoms with Crippen molar-refractivity contribution in [1.29, 1.82) is 5.26 Å². The summed E-state index contributed by atoms with van der Waals surface area (Å²) in [5.41, 5.74) is 3.37. The molecule has 1 aromatic heterocycles. The second-order valence-corrected chi connectivity index (χ2v) is 5.21. The minimum absolute atomic E-state index is 0.0236. The molecule has 1 atom stereocenters. The quantitative estimate of drug-likeness (QED) is 0.909. The molecular weight excluding hydrogens is 270 g/mol. The number of rotatable bonds is 3. The monoisotopic (exact) mass is 285 g/mol. The molecule has 20 heavy (non-hydrogen) atoms. The van der Waals surface area contributed by atoms with Crippen LogP contribution in [-0.2, 0) is 0 Å². The topological polar surface area (TPSA) is 48.7 Å². The van der Waals surface area contributed by atoms with Crippen LogP contribution in [0.3, 0.4) is 0 Å². The molecule has 0 saturated carbocycles. The van der Waals surface area contributed by atoms with Gasteiger partial charge in [-0.1, -0.05) is 29.8 Å². The molecule has 4 heteroatoms. The lowest BCUT2D eigenvalue weighted by Gasteiger charge is -2.18. The molecule has 1 N–H and O–H groups in total. The maximum Gasteiger partial charge on any atom is 0.144 e. The molecule has 0 aliphatic rings. The number of halogens is 1. The van der Waals surface area contributed by atoms with E-state index >= 15 is 0 Å². The van der Waals surface area contributed by atoms with E-state index in [1.54, 1.807) is 0 Å². The molecule has 0 radical (unpaired) electrons. The van der Waals surface area contributed by atoms with Gasteiger partial charge in [-0.25, -0.2) is 4.98 Å². The van der Waals surface area contributed by atoms with Crippen molar-refractivity contribution < 1.29 is 0 Å². The highest BCUT2D eigenvalue weighted by molar-refractivity contribution is 6.31. The maximum atomic E-state index is 9.27. The third kappa shape index (κ3) is 2.92. The molecule has 2 rings (SSSR count). The van der Waals surface area contributed by atoms with E-state index in [0.717, 1.165) is 16.8 Å². The molecule has 102 valence electrons. The van der Waals surface area contributed by atoms with Crippen molar-refractivity contribution in [2.75, 3.05) is 5.32 Å². The number of hydrogen-bond donors (Lipinski definition) is 1. The van der Waals surface area contributed by atoms with Crippen molar-refractivity contribution in [2.45, 2.75) is 26.8 Å². The van der Waals surface area contributed by atoms with E-state index in [1.165, 1.54) is 0 Å². The Morgan fingerprint density at radius 2 is 2.00 bits per heavy atom. The summed E-state index contributed by atoms with van der Waals surface area (Å²) in [6, 6.07) is 11.8. The fraction of sp³-hybridized carbons (Fsp3) is 0.250. The van der Waals surface area contributed by atoms with E-state index in [-0.39, 0.29) is 6.04 Å². The van der Waals surface area contributed by atoms with Crippen LogP contribution in [0, 0.1) is 25.2 Å². The highest BCUT2D eigenvalue weighted by atomic mass is 35.5. The average molecular weight is 286 g/mol. The van der Waals surface area contributed by atoms with Crippen LogP contribution < -0.4 is 5.32 Å². The zero-order valence-corrected chi connectivity index (χ0v) is 12.5. The third-order valence-electron chi connectivity index (χ3n) is 3.18. The van der Waals surface area contributed by atoms with E-state index < -0.39 is 0 Å². The summed E-state index contributed by atoms with van der Waals surface area (Å²) in [6.45, 7) is 5.83. The Morgan fingerprint density at radius 3 is 2.65 bits per heavy atom. The first-order chi connectivity index (χ1) is 9.52. The van der Waals surface area contributed by atoms with E-state index in [4.69, 9.17) is 11.6 Å². The Labute approximate surface area is 124 Å². The molecule has 0 aliphatic heterocycles. The lowest BCUT2D eigenvalue weighted by Crippen LogP contribution is -2.11. The average Bonchev–Trinajstić information content (AvgIpc) is 2.38. The number of pyridine rings is 1. The summed E-state index contributed by atoms with van der Waals surface area (Å²) in [5, 5.41) is 13.3. The van der Waals surface area contributed by atoms with Gasteiger partial charge in [-0.2, -0.15) is 5.26 Å². The van der Waals surface area contributed by atoms with Crippen molar-refractivity contribution >= 4 is 17.4 Å². The predicted molar refractivity (Wildman–Crippen MR) is 81.9 cm³/mol. The largest absolute Gasteiger partial charge is 0.362 e. The molecule has 0 saturated heterocycles. The van der Waals surface area contributed by atoms with Gasteiger partial charge in [-0.05, 0) is 44.0 Å². The first kappa shape index (κ1) is 14.4. The third-order valence-corrected chi connectivity index (χ3v) is 3.53. The number of benzene rings is 1. The summed E-state index contributed by atoms with van der Waals surface area (Å²) < 4.78 is 0. The number of nitriles is 1. The maximum absolute atomic E-state index is 9.27. The van der Waals surface area contributed by atoms with E-state index in [2.05, 4.69) is 16.4 Å². The zero-order valence-electron chi connectivity index (χ0n) is 11.7. The van der Waals surface area contributed by atoms with Crippen molar-refractivity contribution in [2.24, 2.45) is 0 Å². The molecule has 1 heterocycles. The van der Waals surface area contributed by atoms with Crippen LogP contribution in [-0.4, -0.2) is 4.98 Å². The minimum atomic E-state index is -0.0236. The van der Waals surface area contributed by atoms with E-state index in [1.807, 2.05) is 51.1 Å². The molecule has 0 amide bonds. The fourth-order valence-electron chi connectivity index (χ4n) is 2.19. The molecule has 2 aromatic rings. The number of hydrogen-bond acceptors (Lipinski definition) is 3. The summed E-state index contributed by atoms with van der Waals surface area (Å²) in [4.78, 5) is 4.42. The van der Waals surface area contributed by atoms with Gasteiger partial charge in [0.1, 0.15) is 11.9 Å². The first-order valence-electron chi connectivity index (χ1n) is 6.42. The molecular formula is C16H16ClN3. The van der Waals surface area contributed by atoms with Gasteiger partial charge in [-0.15, -0.1) is 0 Å². The van der Waals surface area contributed by atoms with Crippen LogP contribution in [0.4, 0.5) is 5.82 Å². The van der Waals surface area contributed by atoms with Gasteiger partial charge in [0, 0.05) is 10.7 Å². The second-order valence-electron chi connectivity index (χ2n) is 4.80. The van der Waals surface area contributed by atoms with Crippen LogP contribution in [0.2, 0.25) is 5.02 Å². The number of nitrogens with zero attached hydrogens (tertiary/aromatic N) is 2. The summed E-state index contributed by atoms with van der Waals surface area (Å²) >= 11 is 6.20. The molecule has 1 aromatic carbocycles. The number of aromatic nitrogens is 1. The molecule has 0 spiro atoms. The van der Waals surface area contributed by atoms with Gasteiger partial charge in [0.15, 0.2) is 0 Å². The Kier molecular flexibility index (Phi) is 4.26. The minimum Gasteiger partial charge on any atom is -0.362 e. The lowest BCUT2D eigenvalue weighted by molar-refractivity contribution is 0.870. The standard InChI is InChI=1S/C16H16ClN3/c1-10-8-11(2)19-16(14(10)9-18)20-12(3)13-6-4-5-7-15(13)17/h4-8,12H,1-3H3,(H,19,20). The summed E-state index contributed by atoms with van der Waals surface area (Å²) in [7, 11) is 0. The Bertz CT molecular complexity index is 674. The van der Waals surface area contributed by atoms with Gasteiger partial charge < -0.3 is 5.32 Å². The Morgan fingerprint density at radius 1 is 1.30 bits per heavy atom. The Hall–Kier alpha value is -2.05. The molecule has 1 unspecified atom stereocenters. The zero-order chi connectivity index (χ0) is 14.7. The van der Waals surface area contributed by atoms with Gasteiger partial charge in [0.25, 0.3) is 0 Å². The summed E-state index contributed by atoms with van der Waals surface area (Å²) in [5.74, 6) is 0.609. The lowest BCUT2D eigenvalue weighted by atomic mass is 10.1. The fourth-order valence-corrected chi connectivity index (χ4v) is 2.49. The molecule has 0 aliphatic carbocycles. The number of aryl methyl sites for hydroxylation is 2. The molecule has 0 bridgehead atoms. The Balaban J connectivity index is 2.36. The van der Waals surface area contributed by atoms with Gasteiger partial charge in [-0.3, -0.25) is 0 Å². The molecule has 0 fully saturated rings. The highest BCUT2D eigenvalue weighted by Crippen LogP contribution is 2.27. The van der Waals surface area contributed by atoms with Crippen molar-refractivity contribution in [1.82, 2.24) is 4.98 Å². The molecule has 3 nitrogen and oxygen atoms in total. The predicted octanol–water partition coefficient (Wildman–Crippen LogP) is 4.40. The number of anilines is 1. The van der Waals surface area contributed by atoms with Crippen molar-refractivity contribution in [3.63, 3.8) is 0 Å². The van der Waals surface area contributed by atoms with Crippen LogP contribution >= 0.6 is 11.6 Å². The smallest absolute Gasteiger partial charge is 0.144 e. The van der Waals surface area contributed by atoms with Crippen LogP contribution in [0.5, 0.6) is 0 Å².